The molecule has 30 heavy (non-hydrogen) atoms. The molecule has 0 saturated heterocycles. The van der Waals surface area contributed by atoms with Gasteiger partial charge >= 0.3 is 0 Å². The number of pyridine rings is 1. The molecule has 9 nitrogen and oxygen atoms in total. The predicted molar refractivity (Wildman–Crippen MR) is 109 cm³/mol. The summed E-state index contributed by atoms with van der Waals surface area (Å²) in [5, 5.41) is 13.0. The second kappa shape index (κ2) is 7.12. The van der Waals surface area contributed by atoms with Crippen LogP contribution >= 0.6 is 11.3 Å². The number of rotatable bonds is 5. The molecular formula is C19H13FN4O5S. The van der Waals surface area contributed by atoms with Gasteiger partial charge in [-0.2, -0.15) is 0 Å². The second-order valence-corrected chi connectivity index (χ2v) is 7.19. The lowest BCUT2D eigenvalue weighted by molar-refractivity contribution is -0.385. The normalized spacial score (nSPS) is 11.0. The van der Waals surface area contributed by atoms with Crippen molar-refractivity contribution < 1.29 is 18.8 Å². The van der Waals surface area contributed by atoms with Gasteiger partial charge in [0.1, 0.15) is 5.69 Å². The molecule has 4 rings (SSSR count). The highest BCUT2D eigenvalue weighted by atomic mass is 32.1. The minimum absolute atomic E-state index is 0.0754. The SMILES string of the molecule is COc1cc([N+](=O)[O-])cc(F)c1-n1cc(-c2csc(C(N)=O)c2)c2c(=O)[nH]ccc21. The van der Waals surface area contributed by atoms with Crippen LogP contribution in [0.4, 0.5) is 10.1 Å². The molecule has 1 amide bonds. The van der Waals surface area contributed by atoms with E-state index in [1.54, 1.807) is 17.5 Å². The summed E-state index contributed by atoms with van der Waals surface area (Å²) in [6.45, 7) is 0. The van der Waals surface area contributed by atoms with Crippen LogP contribution in [0.15, 0.2) is 46.8 Å². The number of aromatic amines is 1. The zero-order valence-corrected chi connectivity index (χ0v) is 16.2. The molecule has 0 fully saturated rings. The molecule has 0 unspecified atom stereocenters. The van der Waals surface area contributed by atoms with E-state index in [1.165, 1.54) is 24.1 Å². The molecule has 3 N–H and O–H groups in total. The monoisotopic (exact) mass is 428 g/mol. The zero-order chi connectivity index (χ0) is 21.6. The summed E-state index contributed by atoms with van der Waals surface area (Å²) in [7, 11) is 1.26. The third-order valence-electron chi connectivity index (χ3n) is 4.56. The first-order chi connectivity index (χ1) is 14.3. The minimum atomic E-state index is -0.895. The number of hydrogen-bond acceptors (Lipinski definition) is 6. The fraction of sp³-hybridized carbons (Fsp3) is 0.0526. The van der Waals surface area contributed by atoms with Crippen molar-refractivity contribution in [2.24, 2.45) is 5.73 Å². The van der Waals surface area contributed by atoms with Crippen molar-refractivity contribution in [1.29, 1.82) is 0 Å². The maximum Gasteiger partial charge on any atom is 0.276 e. The Morgan fingerprint density at radius 3 is 2.77 bits per heavy atom. The molecule has 4 aromatic rings. The summed E-state index contributed by atoms with van der Waals surface area (Å²) < 4.78 is 21.5. The molecule has 0 saturated carbocycles. The highest BCUT2D eigenvalue weighted by Crippen LogP contribution is 2.37. The number of nitro benzene ring substituents is 1. The van der Waals surface area contributed by atoms with Crippen molar-refractivity contribution in [3.63, 3.8) is 0 Å². The van der Waals surface area contributed by atoms with Gasteiger partial charge in [-0.25, -0.2) is 4.39 Å². The average Bonchev–Trinajstić information content (AvgIpc) is 3.33. The van der Waals surface area contributed by atoms with Crippen LogP contribution in [0.5, 0.6) is 5.75 Å². The van der Waals surface area contributed by atoms with Crippen molar-refractivity contribution in [2.45, 2.75) is 0 Å². The number of benzene rings is 1. The van der Waals surface area contributed by atoms with Crippen LogP contribution < -0.4 is 16.0 Å². The summed E-state index contributed by atoms with van der Waals surface area (Å²) in [6, 6.07) is 5.00. The molecule has 0 bridgehead atoms. The van der Waals surface area contributed by atoms with Crippen LogP contribution in [-0.4, -0.2) is 27.5 Å². The third kappa shape index (κ3) is 3.01. The summed E-state index contributed by atoms with van der Waals surface area (Å²) >= 11 is 1.12. The predicted octanol–water partition coefficient (Wildman–Crippen LogP) is 3.20. The Morgan fingerprint density at radius 1 is 1.37 bits per heavy atom. The number of halogens is 1. The Balaban J connectivity index is 2.05. The van der Waals surface area contributed by atoms with E-state index in [0.717, 1.165) is 23.5 Å². The molecule has 0 spiro atoms. The lowest BCUT2D eigenvalue weighted by Crippen LogP contribution is -2.08. The van der Waals surface area contributed by atoms with Crippen molar-refractivity contribution in [1.82, 2.24) is 9.55 Å². The number of nitro groups is 1. The van der Waals surface area contributed by atoms with E-state index in [2.05, 4.69) is 4.98 Å². The first-order valence-corrected chi connectivity index (χ1v) is 9.33. The number of aromatic nitrogens is 2. The Kier molecular flexibility index (Phi) is 4.59. The van der Waals surface area contributed by atoms with Crippen LogP contribution in [0.25, 0.3) is 27.7 Å². The molecule has 152 valence electrons. The van der Waals surface area contributed by atoms with Crippen molar-refractivity contribution in [3.05, 3.63) is 73.2 Å². The van der Waals surface area contributed by atoms with E-state index in [4.69, 9.17) is 10.5 Å². The second-order valence-electron chi connectivity index (χ2n) is 6.28. The molecule has 0 aliphatic carbocycles. The fourth-order valence-corrected chi connectivity index (χ4v) is 4.02. The number of ether oxygens (including phenoxy) is 1. The number of H-pyrrole nitrogens is 1. The highest BCUT2D eigenvalue weighted by molar-refractivity contribution is 7.12. The molecule has 0 aliphatic heterocycles. The Hall–Kier alpha value is -3.99. The molecule has 3 aromatic heterocycles. The molecule has 0 atom stereocenters. The van der Waals surface area contributed by atoms with Gasteiger partial charge in [-0.05, 0) is 23.1 Å². The van der Waals surface area contributed by atoms with Crippen LogP contribution in [0.3, 0.4) is 0 Å². The van der Waals surface area contributed by atoms with Crippen LogP contribution in [0.1, 0.15) is 9.67 Å². The van der Waals surface area contributed by atoms with Gasteiger partial charge in [-0.3, -0.25) is 19.7 Å². The number of nitrogens with one attached hydrogen (secondary N) is 1. The topological polar surface area (TPSA) is 133 Å². The van der Waals surface area contributed by atoms with Gasteiger partial charge in [0.15, 0.2) is 11.6 Å². The number of carbonyl (C=O) groups excluding carboxylic acids is 1. The number of thiophene rings is 1. The van der Waals surface area contributed by atoms with Gasteiger partial charge in [-0.1, -0.05) is 0 Å². The lowest BCUT2D eigenvalue weighted by atomic mass is 10.1. The minimum Gasteiger partial charge on any atom is -0.494 e. The average molecular weight is 428 g/mol. The number of nitrogens with two attached hydrogens (primary N) is 1. The number of carbonyl (C=O) groups is 1. The summed E-state index contributed by atoms with van der Waals surface area (Å²) in [6.07, 6.45) is 2.92. The Labute approximate surface area is 171 Å². The van der Waals surface area contributed by atoms with E-state index in [9.17, 15) is 24.1 Å². The quantitative estimate of drug-likeness (QED) is 0.372. The van der Waals surface area contributed by atoms with Gasteiger partial charge in [0, 0.05) is 18.0 Å². The third-order valence-corrected chi connectivity index (χ3v) is 5.51. The standard InChI is InChI=1S/C19H13FN4O5S/c1-29-14-6-10(24(27)28)5-12(20)17(14)23-7-11(9-4-15(18(21)25)30-8-9)16-13(23)2-3-22-19(16)26/h2-8H,1H3,(H2,21,25)(H,22,26). The number of non-ortho nitro benzene ring substituents is 1. The maximum atomic E-state index is 14.9. The number of primary amides is 1. The van der Waals surface area contributed by atoms with Crippen molar-refractivity contribution in [3.8, 4) is 22.6 Å². The van der Waals surface area contributed by atoms with E-state index in [-0.39, 0.29) is 16.8 Å². The van der Waals surface area contributed by atoms with Crippen LogP contribution in [0, 0.1) is 15.9 Å². The Bertz CT molecular complexity index is 1390. The van der Waals surface area contributed by atoms with E-state index in [0.29, 0.717) is 21.5 Å². The van der Waals surface area contributed by atoms with Crippen molar-refractivity contribution >= 4 is 33.8 Å². The molecule has 0 aliphatic rings. The van der Waals surface area contributed by atoms with E-state index < -0.39 is 27.9 Å². The summed E-state index contributed by atoms with van der Waals surface area (Å²) in [5.74, 6) is -1.58. The largest absolute Gasteiger partial charge is 0.494 e. The van der Waals surface area contributed by atoms with Gasteiger partial charge in [0.2, 0.25) is 0 Å². The van der Waals surface area contributed by atoms with Crippen molar-refractivity contribution in [2.75, 3.05) is 7.11 Å². The molecule has 0 radical (unpaired) electrons. The molecule has 11 heteroatoms. The van der Waals surface area contributed by atoms with Gasteiger partial charge in [-0.15, -0.1) is 11.3 Å². The first-order valence-electron chi connectivity index (χ1n) is 8.45. The number of nitrogens with zero attached hydrogens (tertiary/aromatic N) is 2. The van der Waals surface area contributed by atoms with E-state index in [1.807, 2.05) is 0 Å². The van der Waals surface area contributed by atoms with Crippen LogP contribution in [-0.2, 0) is 0 Å². The Morgan fingerprint density at radius 2 is 2.13 bits per heavy atom. The van der Waals surface area contributed by atoms with Crippen LogP contribution in [0.2, 0.25) is 0 Å². The maximum absolute atomic E-state index is 14.9. The number of fused-ring (bicyclic) bond motifs is 1. The molecule has 1 aromatic carbocycles. The zero-order valence-electron chi connectivity index (χ0n) is 15.3. The van der Waals surface area contributed by atoms with Gasteiger partial charge < -0.3 is 20.0 Å². The summed E-state index contributed by atoms with van der Waals surface area (Å²) in [5.41, 5.74) is 5.69. The van der Waals surface area contributed by atoms with Gasteiger partial charge in [0.05, 0.1) is 39.9 Å². The first kappa shape index (κ1) is 19.3. The smallest absolute Gasteiger partial charge is 0.276 e. The van der Waals surface area contributed by atoms with E-state index >= 15 is 0 Å². The summed E-state index contributed by atoms with van der Waals surface area (Å²) in [4.78, 5) is 37.2. The molecule has 3 heterocycles. The highest BCUT2D eigenvalue weighted by Gasteiger charge is 2.23. The fourth-order valence-electron chi connectivity index (χ4n) is 3.26. The molecular weight excluding hydrogens is 415 g/mol. The number of methoxy groups -OCH3 is 1. The van der Waals surface area contributed by atoms with Gasteiger partial charge in [0.25, 0.3) is 17.2 Å². The number of amides is 1. The lowest BCUT2D eigenvalue weighted by Gasteiger charge is -2.12. The number of hydrogen-bond donors (Lipinski definition) is 2.